The lowest BCUT2D eigenvalue weighted by Crippen LogP contribution is -2.43. The minimum absolute atomic E-state index is 1.13. The lowest BCUT2D eigenvalue weighted by atomic mass is 10.2. The summed E-state index contributed by atoms with van der Waals surface area (Å²) < 4.78 is 0. The molecule has 3 rings (SSSR count). The Morgan fingerprint density at radius 3 is 1.83 bits per heavy atom. The number of piperidine rings is 1. The Bertz CT molecular complexity index is 81.4. The third-order valence-corrected chi connectivity index (χ3v) is 2.60. The highest BCUT2D eigenvalue weighted by Gasteiger charge is 2.70. The first-order valence-corrected chi connectivity index (χ1v) is 2.71. The minimum Gasteiger partial charge on any atom is -0.299 e. The van der Waals surface area contributed by atoms with Gasteiger partial charge in [-0.1, -0.05) is 0 Å². The number of nitrogens with zero attached hydrogens (tertiary/aromatic N) is 1. The van der Waals surface area contributed by atoms with E-state index in [1.54, 1.807) is 0 Å². The second-order valence-corrected chi connectivity index (χ2v) is 2.77. The molecule has 2 saturated heterocycles. The van der Waals surface area contributed by atoms with Crippen molar-refractivity contribution in [3.63, 3.8) is 0 Å². The molecule has 3 aliphatic rings. The van der Waals surface area contributed by atoms with Crippen LogP contribution in [0, 0.1) is 11.8 Å². The maximum absolute atomic E-state index is 2.56. The molecule has 2 aliphatic heterocycles. The Labute approximate surface area is 36.9 Å². The van der Waals surface area contributed by atoms with E-state index in [4.69, 9.17) is 0 Å². The van der Waals surface area contributed by atoms with Crippen LogP contribution < -0.4 is 0 Å². The Balaban J connectivity index is 2.21. The van der Waals surface area contributed by atoms with Crippen LogP contribution >= 0.6 is 0 Å². The minimum atomic E-state index is 1.13. The molecule has 0 aromatic rings. The van der Waals surface area contributed by atoms with Gasteiger partial charge in [-0.3, -0.25) is 4.90 Å². The third-order valence-electron chi connectivity index (χ3n) is 2.60. The van der Waals surface area contributed by atoms with Gasteiger partial charge in [0, 0.05) is 19.1 Å². The van der Waals surface area contributed by atoms with E-state index >= 15 is 0 Å². The summed E-state index contributed by atoms with van der Waals surface area (Å²) in [7, 11) is 0. The third kappa shape index (κ3) is 0.0719. The molecule has 0 radical (unpaired) electrons. The van der Waals surface area contributed by atoms with Gasteiger partial charge in [0.25, 0.3) is 0 Å². The second-order valence-electron chi connectivity index (χ2n) is 2.77. The molecule has 1 saturated carbocycles. The van der Waals surface area contributed by atoms with E-state index in [1.807, 2.05) is 0 Å². The van der Waals surface area contributed by atoms with E-state index in [0.717, 1.165) is 6.04 Å². The zero-order valence-corrected chi connectivity index (χ0v) is 3.59. The summed E-state index contributed by atoms with van der Waals surface area (Å²) in [6.45, 7) is 2.91. The smallest absolute Gasteiger partial charge is 0.0184 e. The normalized spacial score (nSPS) is 71.0. The standard InChI is InChI=1S/C5H7N/c1-3-4-2-6(1)5(3)4/h3-5H,1-2H2. The van der Waals surface area contributed by atoms with Crippen LogP contribution in [0.5, 0.6) is 0 Å². The van der Waals surface area contributed by atoms with Gasteiger partial charge in [-0.05, 0) is 11.8 Å². The van der Waals surface area contributed by atoms with Crippen LogP contribution in [0.4, 0.5) is 0 Å². The number of fused-ring (bicyclic) bond motifs is 1. The molecule has 0 aromatic carbocycles. The molecule has 2 heterocycles. The van der Waals surface area contributed by atoms with Crippen molar-refractivity contribution >= 4 is 0 Å². The molecule has 0 N–H and O–H groups in total. The van der Waals surface area contributed by atoms with Crippen molar-refractivity contribution < 1.29 is 0 Å². The number of hydrogen-bond acceptors (Lipinski definition) is 1. The van der Waals surface area contributed by atoms with Gasteiger partial charge in [-0.15, -0.1) is 0 Å². The summed E-state index contributed by atoms with van der Waals surface area (Å²) in [4.78, 5) is 2.56. The van der Waals surface area contributed by atoms with Gasteiger partial charge in [-0.25, -0.2) is 0 Å². The van der Waals surface area contributed by atoms with Crippen molar-refractivity contribution in [2.75, 3.05) is 13.1 Å². The molecule has 1 heteroatoms. The average Bonchev–Trinajstić information content (AvgIpc) is 2.03. The SMILES string of the molecule is C1C2C3CN1C23. The Hall–Kier alpha value is -0.0400. The monoisotopic (exact) mass is 81.1 g/mol. The fraction of sp³-hybridized carbons (Fsp3) is 1.00. The van der Waals surface area contributed by atoms with E-state index in [-0.39, 0.29) is 0 Å². The summed E-state index contributed by atoms with van der Waals surface area (Å²) in [6.07, 6.45) is 0. The first-order valence-electron chi connectivity index (χ1n) is 2.71. The van der Waals surface area contributed by atoms with E-state index in [1.165, 1.54) is 24.9 Å². The van der Waals surface area contributed by atoms with Gasteiger partial charge < -0.3 is 0 Å². The fourth-order valence-electron chi connectivity index (χ4n) is 2.04. The van der Waals surface area contributed by atoms with Crippen LogP contribution in [-0.4, -0.2) is 24.0 Å². The van der Waals surface area contributed by atoms with Crippen molar-refractivity contribution in [3.05, 3.63) is 0 Å². The Morgan fingerprint density at radius 1 is 1.17 bits per heavy atom. The van der Waals surface area contributed by atoms with Crippen molar-refractivity contribution in [1.82, 2.24) is 4.90 Å². The van der Waals surface area contributed by atoms with Crippen LogP contribution in [-0.2, 0) is 0 Å². The van der Waals surface area contributed by atoms with Gasteiger partial charge in [0.05, 0.1) is 0 Å². The quantitative estimate of drug-likeness (QED) is 0.394. The summed E-state index contributed by atoms with van der Waals surface area (Å²) in [5.41, 5.74) is 0. The van der Waals surface area contributed by atoms with E-state index < -0.39 is 0 Å². The van der Waals surface area contributed by atoms with Gasteiger partial charge in [0.1, 0.15) is 0 Å². The first kappa shape index (κ1) is 2.31. The predicted molar refractivity (Wildman–Crippen MR) is 22.3 cm³/mol. The van der Waals surface area contributed by atoms with E-state index in [2.05, 4.69) is 4.90 Å². The molecule has 6 heavy (non-hydrogen) atoms. The molecule has 0 spiro atoms. The molecule has 2 atom stereocenters. The Morgan fingerprint density at radius 2 is 1.83 bits per heavy atom. The topological polar surface area (TPSA) is 3.24 Å². The maximum Gasteiger partial charge on any atom is 0.0184 e. The van der Waals surface area contributed by atoms with Gasteiger partial charge >= 0.3 is 0 Å². The van der Waals surface area contributed by atoms with Gasteiger partial charge in [0.15, 0.2) is 0 Å². The van der Waals surface area contributed by atoms with Crippen LogP contribution in [0.15, 0.2) is 0 Å². The van der Waals surface area contributed by atoms with E-state index in [9.17, 15) is 0 Å². The summed E-state index contributed by atoms with van der Waals surface area (Å²) >= 11 is 0. The molecule has 0 amide bonds. The predicted octanol–water partition coefficient (Wildman–Crippen LogP) is -0.0698. The summed E-state index contributed by atoms with van der Waals surface area (Å²) in [5.74, 6) is 2.40. The van der Waals surface area contributed by atoms with Gasteiger partial charge in [-0.2, -0.15) is 0 Å². The number of hydrogen-bond donors (Lipinski definition) is 0. The maximum atomic E-state index is 2.56. The number of rotatable bonds is 0. The van der Waals surface area contributed by atoms with Crippen molar-refractivity contribution in [1.29, 1.82) is 0 Å². The highest BCUT2D eigenvalue weighted by atomic mass is 15.4. The molecule has 2 unspecified atom stereocenters. The highest BCUT2D eigenvalue weighted by molar-refractivity contribution is 5.23. The fourth-order valence-corrected chi connectivity index (χ4v) is 2.04. The molecular weight excluding hydrogens is 74.1 g/mol. The first-order chi connectivity index (χ1) is 2.97. The largest absolute Gasteiger partial charge is 0.299 e. The molecule has 3 fully saturated rings. The second kappa shape index (κ2) is 0.399. The average molecular weight is 81.1 g/mol. The molecule has 0 bridgehead atoms. The molecule has 0 aromatic heterocycles. The lowest BCUT2D eigenvalue weighted by Gasteiger charge is -2.32. The van der Waals surface area contributed by atoms with Crippen molar-refractivity contribution in [3.8, 4) is 0 Å². The molecular formula is C5H7N. The van der Waals surface area contributed by atoms with E-state index in [0.29, 0.717) is 0 Å². The summed E-state index contributed by atoms with van der Waals surface area (Å²) in [5, 5.41) is 0. The molecule has 1 aliphatic carbocycles. The zero-order valence-electron chi connectivity index (χ0n) is 3.59. The van der Waals surface area contributed by atoms with Crippen molar-refractivity contribution in [2.45, 2.75) is 6.04 Å². The van der Waals surface area contributed by atoms with Crippen LogP contribution in [0.2, 0.25) is 0 Å². The van der Waals surface area contributed by atoms with Crippen molar-refractivity contribution in [2.24, 2.45) is 11.8 Å². The van der Waals surface area contributed by atoms with Crippen LogP contribution in [0.25, 0.3) is 0 Å². The van der Waals surface area contributed by atoms with Gasteiger partial charge in [0.2, 0.25) is 0 Å². The van der Waals surface area contributed by atoms with Crippen LogP contribution in [0.3, 0.4) is 0 Å². The summed E-state index contributed by atoms with van der Waals surface area (Å²) in [6, 6.07) is 1.13. The Kier molecular flexibility index (Phi) is 0.154. The highest BCUT2D eigenvalue weighted by Crippen LogP contribution is 2.61. The molecule has 1 nitrogen and oxygen atoms in total. The lowest BCUT2D eigenvalue weighted by molar-refractivity contribution is 0.139. The zero-order chi connectivity index (χ0) is 3.72. The molecule has 32 valence electrons. The van der Waals surface area contributed by atoms with Crippen LogP contribution in [0.1, 0.15) is 0 Å².